The van der Waals surface area contributed by atoms with E-state index in [1.54, 1.807) is 29.2 Å². The summed E-state index contributed by atoms with van der Waals surface area (Å²) in [6.45, 7) is 6.28. The third kappa shape index (κ3) is 6.66. The van der Waals surface area contributed by atoms with Gasteiger partial charge >= 0.3 is 12.3 Å². The SMILES string of the molecule is COC(=O)CN(c1ccc(C(C)(C)C)cc1)c1ccccc1Oc1ccc(OC(F)(F)F)cc1. The standard InChI is InChI=1S/C26H26F3NO4/c1-25(2,3)18-9-11-19(12-10-18)30(17-24(31)32-4)22-7-5-6-8-23(22)33-20-13-15-21(16-14-20)34-26(27,28)29/h5-16H,17H2,1-4H3. The van der Waals surface area contributed by atoms with Crippen LogP contribution in [0.15, 0.2) is 72.8 Å². The van der Waals surface area contributed by atoms with Crippen molar-refractivity contribution in [3.63, 3.8) is 0 Å². The average Bonchev–Trinajstić information content (AvgIpc) is 2.78. The number of ether oxygens (including phenoxy) is 3. The number of hydrogen-bond donors (Lipinski definition) is 0. The zero-order valence-corrected chi connectivity index (χ0v) is 19.3. The molecule has 0 aliphatic carbocycles. The van der Waals surface area contributed by atoms with Gasteiger partial charge in [-0.05, 0) is 59.5 Å². The number of esters is 1. The molecule has 0 aromatic heterocycles. The molecule has 0 fully saturated rings. The topological polar surface area (TPSA) is 48.0 Å². The smallest absolute Gasteiger partial charge is 0.468 e. The van der Waals surface area contributed by atoms with E-state index in [0.29, 0.717) is 17.2 Å². The Bertz CT molecular complexity index is 1100. The number of rotatable bonds is 7. The lowest BCUT2D eigenvalue weighted by Crippen LogP contribution is -2.26. The molecule has 0 atom stereocenters. The first-order chi connectivity index (χ1) is 16.0. The molecular weight excluding hydrogens is 447 g/mol. The molecule has 0 spiro atoms. The molecule has 0 unspecified atom stereocenters. The van der Waals surface area contributed by atoms with Crippen LogP contribution in [0.25, 0.3) is 0 Å². The van der Waals surface area contributed by atoms with Gasteiger partial charge in [0.1, 0.15) is 18.0 Å². The Hall–Kier alpha value is -3.68. The number of anilines is 2. The highest BCUT2D eigenvalue weighted by Crippen LogP contribution is 2.37. The largest absolute Gasteiger partial charge is 0.573 e. The highest BCUT2D eigenvalue weighted by Gasteiger charge is 2.31. The maximum absolute atomic E-state index is 12.4. The van der Waals surface area contributed by atoms with E-state index in [9.17, 15) is 18.0 Å². The molecule has 8 heteroatoms. The van der Waals surface area contributed by atoms with Crippen molar-refractivity contribution in [2.75, 3.05) is 18.6 Å². The van der Waals surface area contributed by atoms with Crippen LogP contribution in [0.2, 0.25) is 0 Å². The van der Waals surface area contributed by atoms with Crippen LogP contribution >= 0.6 is 0 Å². The van der Waals surface area contributed by atoms with Gasteiger partial charge in [0.2, 0.25) is 0 Å². The third-order valence-electron chi connectivity index (χ3n) is 5.00. The first-order valence-corrected chi connectivity index (χ1v) is 10.5. The van der Waals surface area contributed by atoms with Gasteiger partial charge in [0.15, 0.2) is 5.75 Å². The molecule has 0 saturated carbocycles. The number of carbonyl (C=O) groups is 1. The molecule has 34 heavy (non-hydrogen) atoms. The molecule has 0 radical (unpaired) electrons. The molecule has 5 nitrogen and oxygen atoms in total. The van der Waals surface area contributed by atoms with Gasteiger partial charge in [-0.1, -0.05) is 45.0 Å². The highest BCUT2D eigenvalue weighted by molar-refractivity contribution is 5.82. The first kappa shape index (κ1) is 25.0. The Balaban J connectivity index is 1.93. The number of alkyl halides is 3. The monoisotopic (exact) mass is 473 g/mol. The highest BCUT2D eigenvalue weighted by atomic mass is 19.4. The Labute approximate surface area is 196 Å². The predicted molar refractivity (Wildman–Crippen MR) is 124 cm³/mol. The first-order valence-electron chi connectivity index (χ1n) is 10.5. The van der Waals surface area contributed by atoms with Crippen LogP contribution in [-0.4, -0.2) is 26.0 Å². The third-order valence-corrected chi connectivity index (χ3v) is 5.00. The van der Waals surface area contributed by atoms with E-state index in [4.69, 9.17) is 9.47 Å². The zero-order valence-electron chi connectivity index (χ0n) is 19.3. The lowest BCUT2D eigenvalue weighted by molar-refractivity contribution is -0.274. The van der Waals surface area contributed by atoms with E-state index in [1.165, 1.54) is 31.4 Å². The van der Waals surface area contributed by atoms with Crippen molar-refractivity contribution in [1.82, 2.24) is 0 Å². The number of hydrogen-bond acceptors (Lipinski definition) is 5. The van der Waals surface area contributed by atoms with Crippen molar-refractivity contribution in [1.29, 1.82) is 0 Å². The Morgan fingerprint density at radius 3 is 2.00 bits per heavy atom. The van der Waals surface area contributed by atoms with Crippen molar-refractivity contribution >= 4 is 17.3 Å². The Morgan fingerprint density at radius 1 is 0.853 bits per heavy atom. The molecule has 0 aliphatic rings. The van der Waals surface area contributed by atoms with Crippen LogP contribution in [0.1, 0.15) is 26.3 Å². The number of nitrogens with zero attached hydrogens (tertiary/aromatic N) is 1. The van der Waals surface area contributed by atoms with E-state index < -0.39 is 12.3 Å². The second-order valence-electron chi connectivity index (χ2n) is 8.55. The molecule has 0 bridgehead atoms. The Kier molecular flexibility index (Phi) is 7.39. The van der Waals surface area contributed by atoms with Crippen molar-refractivity contribution in [3.05, 3.63) is 78.4 Å². The van der Waals surface area contributed by atoms with Gasteiger partial charge in [0.05, 0.1) is 12.8 Å². The van der Waals surface area contributed by atoms with Crippen molar-refractivity contribution in [2.45, 2.75) is 32.5 Å². The fraction of sp³-hybridized carbons (Fsp3) is 0.269. The minimum Gasteiger partial charge on any atom is -0.468 e. The molecule has 0 N–H and O–H groups in total. The minimum atomic E-state index is -4.77. The van der Waals surface area contributed by atoms with E-state index >= 15 is 0 Å². The minimum absolute atomic E-state index is 0.0330. The Morgan fingerprint density at radius 2 is 1.44 bits per heavy atom. The van der Waals surface area contributed by atoms with Gasteiger partial charge in [0, 0.05) is 5.69 Å². The zero-order chi connectivity index (χ0) is 24.9. The van der Waals surface area contributed by atoms with Gasteiger partial charge in [0.25, 0.3) is 0 Å². The van der Waals surface area contributed by atoms with E-state index in [-0.39, 0.29) is 17.7 Å². The molecule has 3 rings (SSSR count). The fourth-order valence-corrected chi connectivity index (χ4v) is 3.25. The van der Waals surface area contributed by atoms with Gasteiger partial charge in [-0.25, -0.2) is 0 Å². The van der Waals surface area contributed by atoms with Crippen LogP contribution in [0, 0.1) is 0 Å². The predicted octanol–water partition coefficient (Wildman–Crippen LogP) is 6.99. The van der Waals surface area contributed by atoms with Crippen molar-refractivity contribution in [2.24, 2.45) is 0 Å². The molecule has 180 valence electrons. The molecule has 0 heterocycles. The van der Waals surface area contributed by atoms with Crippen LogP contribution < -0.4 is 14.4 Å². The number of para-hydroxylation sites is 2. The number of benzene rings is 3. The lowest BCUT2D eigenvalue weighted by Gasteiger charge is -2.27. The summed E-state index contributed by atoms with van der Waals surface area (Å²) in [5.74, 6) is -0.0680. The average molecular weight is 473 g/mol. The summed E-state index contributed by atoms with van der Waals surface area (Å²) in [6, 6.07) is 20.0. The normalized spacial score (nSPS) is 11.6. The molecular formula is C26H26F3NO4. The number of halogens is 3. The maximum Gasteiger partial charge on any atom is 0.573 e. The summed E-state index contributed by atoms with van der Waals surface area (Å²) >= 11 is 0. The van der Waals surface area contributed by atoms with Gasteiger partial charge in [-0.2, -0.15) is 0 Å². The van der Waals surface area contributed by atoms with Crippen LogP contribution in [0.3, 0.4) is 0 Å². The van der Waals surface area contributed by atoms with E-state index in [0.717, 1.165) is 11.3 Å². The van der Waals surface area contributed by atoms with Crippen LogP contribution in [-0.2, 0) is 14.9 Å². The molecule has 0 saturated heterocycles. The summed E-state index contributed by atoms with van der Waals surface area (Å²) in [5.41, 5.74) is 2.45. The number of carbonyl (C=O) groups excluding carboxylic acids is 1. The molecule has 3 aromatic rings. The van der Waals surface area contributed by atoms with Gasteiger partial charge < -0.3 is 19.1 Å². The summed E-state index contributed by atoms with van der Waals surface area (Å²) in [7, 11) is 1.32. The van der Waals surface area contributed by atoms with Gasteiger partial charge in [-0.15, -0.1) is 13.2 Å². The van der Waals surface area contributed by atoms with Crippen LogP contribution in [0.4, 0.5) is 24.5 Å². The molecule has 0 aliphatic heterocycles. The second kappa shape index (κ2) is 10.1. The second-order valence-corrected chi connectivity index (χ2v) is 8.55. The fourth-order valence-electron chi connectivity index (χ4n) is 3.25. The quantitative estimate of drug-likeness (QED) is 0.346. The number of methoxy groups -OCH3 is 1. The lowest BCUT2D eigenvalue weighted by atomic mass is 9.87. The van der Waals surface area contributed by atoms with Gasteiger partial charge in [-0.3, -0.25) is 4.79 Å². The summed E-state index contributed by atoms with van der Waals surface area (Å²) in [6.07, 6.45) is -4.77. The molecule has 0 amide bonds. The maximum atomic E-state index is 12.4. The van der Waals surface area contributed by atoms with E-state index in [1.807, 2.05) is 24.3 Å². The van der Waals surface area contributed by atoms with E-state index in [2.05, 4.69) is 25.5 Å². The van der Waals surface area contributed by atoms with Crippen molar-refractivity contribution < 1.29 is 32.2 Å². The van der Waals surface area contributed by atoms with Crippen molar-refractivity contribution in [3.8, 4) is 17.2 Å². The van der Waals surface area contributed by atoms with Crippen LogP contribution in [0.5, 0.6) is 17.2 Å². The summed E-state index contributed by atoms with van der Waals surface area (Å²) in [4.78, 5) is 14.0. The summed E-state index contributed by atoms with van der Waals surface area (Å²) in [5, 5.41) is 0. The molecule has 3 aromatic carbocycles. The summed E-state index contributed by atoms with van der Waals surface area (Å²) < 4.78 is 52.0.